The molecule has 0 unspecified atom stereocenters. The summed E-state index contributed by atoms with van der Waals surface area (Å²) >= 11 is 0. The summed E-state index contributed by atoms with van der Waals surface area (Å²) < 4.78 is 4.82. The average molecular weight is 687 g/mol. The van der Waals surface area contributed by atoms with E-state index in [1.54, 1.807) is 0 Å². The first-order valence-electron chi connectivity index (χ1n) is 18.6. The van der Waals surface area contributed by atoms with Crippen LogP contribution in [-0.2, 0) is 0 Å². The summed E-state index contributed by atoms with van der Waals surface area (Å²) in [5.41, 5.74) is 14.4. The maximum atomic E-state index is 2.42. The summed E-state index contributed by atoms with van der Waals surface area (Å²) in [6, 6.07) is 75.2. The first-order valence-corrected chi connectivity index (χ1v) is 18.6. The molecule has 0 atom stereocenters. The maximum absolute atomic E-state index is 2.42. The van der Waals surface area contributed by atoms with Crippen LogP contribution in [0.25, 0.3) is 99.1 Å². The van der Waals surface area contributed by atoms with Crippen molar-refractivity contribution in [1.29, 1.82) is 0 Å². The van der Waals surface area contributed by atoms with E-state index in [9.17, 15) is 0 Å². The third-order valence-electron chi connectivity index (χ3n) is 11.1. The van der Waals surface area contributed by atoms with Gasteiger partial charge in [0.15, 0.2) is 0 Å². The lowest BCUT2D eigenvalue weighted by Crippen LogP contribution is -1.94. The van der Waals surface area contributed by atoms with E-state index in [1.807, 2.05) is 0 Å². The van der Waals surface area contributed by atoms with Gasteiger partial charge in [-0.25, -0.2) is 0 Å². The van der Waals surface area contributed by atoms with Gasteiger partial charge in [-0.15, -0.1) is 0 Å². The van der Waals surface area contributed by atoms with Crippen molar-refractivity contribution < 1.29 is 0 Å². The van der Waals surface area contributed by atoms with Crippen LogP contribution in [0.2, 0.25) is 0 Å². The summed E-state index contributed by atoms with van der Waals surface area (Å²) in [5.74, 6) is 0. The fourth-order valence-corrected chi connectivity index (χ4v) is 8.51. The second-order valence-corrected chi connectivity index (χ2v) is 14.2. The number of para-hydroxylation sites is 2. The minimum Gasteiger partial charge on any atom is -0.309 e. The van der Waals surface area contributed by atoms with Gasteiger partial charge in [0.05, 0.1) is 22.1 Å². The summed E-state index contributed by atoms with van der Waals surface area (Å²) in [5, 5.41) is 7.51. The van der Waals surface area contributed by atoms with Gasteiger partial charge < -0.3 is 9.13 Å². The summed E-state index contributed by atoms with van der Waals surface area (Å²) in [7, 11) is 0. The molecule has 2 nitrogen and oxygen atoms in total. The smallest absolute Gasteiger partial charge is 0.0541 e. The zero-order valence-electron chi connectivity index (χ0n) is 29.5. The minimum atomic E-state index is 1.15. The molecule has 0 bridgehead atoms. The van der Waals surface area contributed by atoms with E-state index in [-0.39, 0.29) is 0 Å². The molecular formula is C52H34N2. The second kappa shape index (κ2) is 12.2. The lowest BCUT2D eigenvalue weighted by molar-refractivity contribution is 1.18. The second-order valence-electron chi connectivity index (χ2n) is 14.2. The van der Waals surface area contributed by atoms with Gasteiger partial charge >= 0.3 is 0 Å². The number of fused-ring (bicyclic) bond motifs is 7. The van der Waals surface area contributed by atoms with Crippen molar-refractivity contribution in [3.63, 3.8) is 0 Å². The zero-order chi connectivity index (χ0) is 35.6. The van der Waals surface area contributed by atoms with Crippen LogP contribution >= 0.6 is 0 Å². The third kappa shape index (κ3) is 4.88. The molecule has 0 N–H and O–H groups in total. The molecule has 0 spiro atoms. The van der Waals surface area contributed by atoms with Gasteiger partial charge in [-0.3, -0.25) is 0 Å². The summed E-state index contributed by atoms with van der Waals surface area (Å²) in [6.07, 6.45) is 0. The lowest BCUT2D eigenvalue weighted by atomic mass is 9.99. The Bertz CT molecular complexity index is 3220. The van der Waals surface area contributed by atoms with Crippen LogP contribution in [0, 0.1) is 0 Å². The average Bonchev–Trinajstić information content (AvgIpc) is 3.76. The Balaban J connectivity index is 1.03. The number of nitrogens with zero attached hydrogens (tertiary/aromatic N) is 2. The van der Waals surface area contributed by atoms with Crippen molar-refractivity contribution in [3.05, 3.63) is 206 Å². The van der Waals surface area contributed by atoms with Crippen LogP contribution in [-0.4, -0.2) is 9.13 Å². The van der Waals surface area contributed by atoms with E-state index in [4.69, 9.17) is 0 Å². The van der Waals surface area contributed by atoms with Crippen molar-refractivity contribution in [1.82, 2.24) is 9.13 Å². The van der Waals surface area contributed by atoms with E-state index >= 15 is 0 Å². The highest BCUT2D eigenvalue weighted by atomic mass is 15.0. The Morgan fingerprint density at radius 3 is 1.35 bits per heavy atom. The quantitative estimate of drug-likeness (QED) is 0.171. The molecule has 0 saturated carbocycles. The molecule has 0 amide bonds. The summed E-state index contributed by atoms with van der Waals surface area (Å²) in [6.45, 7) is 0. The highest BCUT2D eigenvalue weighted by Gasteiger charge is 2.17. The molecule has 11 rings (SSSR count). The minimum absolute atomic E-state index is 1.15. The monoisotopic (exact) mass is 686 g/mol. The Morgan fingerprint density at radius 2 is 0.685 bits per heavy atom. The zero-order valence-corrected chi connectivity index (χ0v) is 29.5. The molecule has 9 aromatic carbocycles. The molecule has 0 aliphatic rings. The standard InChI is InChI=1S/C52H34N2/c1-2-12-35(13-3-1)37-16-10-17-38(30-37)40-18-11-19-43(32-40)53-49-22-8-6-20-45(49)47-33-41(25-28-51(47)53)42-26-29-52-48(34-42)46-21-7-9-23-50(46)54(52)44-27-24-36-14-4-5-15-39(36)31-44/h1-34H. The van der Waals surface area contributed by atoms with Crippen LogP contribution in [0.5, 0.6) is 0 Å². The van der Waals surface area contributed by atoms with E-state index in [2.05, 4.69) is 215 Å². The molecule has 0 saturated heterocycles. The van der Waals surface area contributed by atoms with Gasteiger partial charge in [0.25, 0.3) is 0 Å². The largest absolute Gasteiger partial charge is 0.309 e. The van der Waals surface area contributed by atoms with E-state index < -0.39 is 0 Å². The molecule has 0 aliphatic heterocycles. The van der Waals surface area contributed by atoms with Crippen LogP contribution in [0.3, 0.4) is 0 Å². The van der Waals surface area contributed by atoms with Gasteiger partial charge in [0.1, 0.15) is 0 Å². The number of aromatic nitrogens is 2. The number of hydrogen-bond acceptors (Lipinski definition) is 0. The predicted molar refractivity (Wildman–Crippen MR) is 229 cm³/mol. The maximum Gasteiger partial charge on any atom is 0.0541 e. The topological polar surface area (TPSA) is 9.86 Å². The molecule has 2 heterocycles. The van der Waals surface area contributed by atoms with Gasteiger partial charge in [-0.1, -0.05) is 140 Å². The van der Waals surface area contributed by atoms with Crippen LogP contribution in [0.4, 0.5) is 0 Å². The molecule has 0 aliphatic carbocycles. The van der Waals surface area contributed by atoms with Gasteiger partial charge in [-0.2, -0.15) is 0 Å². The fourth-order valence-electron chi connectivity index (χ4n) is 8.51. The van der Waals surface area contributed by atoms with Crippen molar-refractivity contribution in [2.24, 2.45) is 0 Å². The number of hydrogen-bond donors (Lipinski definition) is 0. The van der Waals surface area contributed by atoms with Crippen molar-refractivity contribution >= 4 is 54.4 Å². The van der Waals surface area contributed by atoms with Crippen LogP contribution in [0.15, 0.2) is 206 Å². The normalized spacial score (nSPS) is 11.7. The first kappa shape index (κ1) is 30.5. The molecule has 2 heteroatoms. The SMILES string of the molecule is c1ccc(-c2cccc(-c3cccc(-n4c5ccccc5c5cc(-c6ccc7c(c6)c6ccccc6n7-c6ccc7ccccc7c6)ccc54)c3)c2)cc1. The van der Waals surface area contributed by atoms with Gasteiger partial charge in [0, 0.05) is 32.9 Å². The molecule has 0 radical (unpaired) electrons. The highest BCUT2D eigenvalue weighted by Crippen LogP contribution is 2.39. The van der Waals surface area contributed by atoms with Crippen LogP contribution in [0.1, 0.15) is 0 Å². The van der Waals surface area contributed by atoms with E-state index in [1.165, 1.54) is 93.5 Å². The van der Waals surface area contributed by atoms with E-state index in [0.717, 1.165) is 5.69 Å². The summed E-state index contributed by atoms with van der Waals surface area (Å²) in [4.78, 5) is 0. The van der Waals surface area contributed by atoms with Crippen molar-refractivity contribution in [3.8, 4) is 44.8 Å². The van der Waals surface area contributed by atoms with Gasteiger partial charge in [-0.05, 0) is 111 Å². The Kier molecular flexibility index (Phi) is 6.90. The number of benzene rings is 9. The molecule has 0 fully saturated rings. The van der Waals surface area contributed by atoms with Gasteiger partial charge in [0.2, 0.25) is 0 Å². The van der Waals surface area contributed by atoms with E-state index in [0.29, 0.717) is 0 Å². The number of rotatable bonds is 5. The van der Waals surface area contributed by atoms with Crippen molar-refractivity contribution in [2.75, 3.05) is 0 Å². The Hall–Kier alpha value is -7.16. The van der Waals surface area contributed by atoms with Crippen molar-refractivity contribution in [2.45, 2.75) is 0 Å². The molecular weight excluding hydrogens is 653 g/mol. The van der Waals surface area contributed by atoms with Crippen LogP contribution < -0.4 is 0 Å². The lowest BCUT2D eigenvalue weighted by Gasteiger charge is -2.12. The predicted octanol–water partition coefficient (Wildman–Crippen LogP) is 14.0. The fraction of sp³-hybridized carbons (Fsp3) is 0. The molecule has 54 heavy (non-hydrogen) atoms. The highest BCUT2D eigenvalue weighted by molar-refractivity contribution is 6.13. The first-order chi connectivity index (χ1) is 26.8. The third-order valence-corrected chi connectivity index (χ3v) is 11.1. The molecule has 2 aromatic heterocycles. The Morgan fingerprint density at radius 1 is 0.222 bits per heavy atom. The Labute approximate surface area is 313 Å². The molecule has 11 aromatic rings. The molecule has 252 valence electrons.